The molecular formula is C22H19BrN4O3S. The maximum atomic E-state index is 12.9. The van der Waals surface area contributed by atoms with Crippen molar-refractivity contribution >= 4 is 54.3 Å². The first-order valence-electron chi connectivity index (χ1n) is 9.49. The second-order valence-corrected chi connectivity index (χ2v) is 9.15. The fourth-order valence-electron chi connectivity index (χ4n) is 2.90. The number of hydrogen-bond donors (Lipinski definition) is 2. The lowest BCUT2D eigenvalue weighted by Gasteiger charge is -2.14. The molecule has 4 rings (SSSR count). The molecular weight excluding hydrogens is 480 g/mol. The number of ether oxygens (including phenoxy) is 1. The van der Waals surface area contributed by atoms with Crippen molar-refractivity contribution in [3.05, 3.63) is 77.3 Å². The molecule has 1 aromatic heterocycles. The Morgan fingerprint density at radius 1 is 0.871 bits per heavy atom. The Balaban J connectivity index is 1.71. The lowest BCUT2D eigenvalue weighted by molar-refractivity contribution is 0.340. The third-order valence-electron chi connectivity index (χ3n) is 4.35. The van der Waals surface area contributed by atoms with E-state index in [1.54, 1.807) is 18.2 Å². The molecule has 0 saturated heterocycles. The van der Waals surface area contributed by atoms with E-state index in [-0.39, 0.29) is 10.7 Å². The molecule has 158 valence electrons. The predicted molar refractivity (Wildman–Crippen MR) is 125 cm³/mol. The van der Waals surface area contributed by atoms with Crippen LogP contribution in [0.15, 0.2) is 82.2 Å². The lowest BCUT2D eigenvalue weighted by Crippen LogP contribution is -2.16. The van der Waals surface area contributed by atoms with Gasteiger partial charge in [-0.3, -0.25) is 4.72 Å². The Bertz CT molecular complexity index is 1310. The van der Waals surface area contributed by atoms with E-state index in [0.717, 1.165) is 15.9 Å². The minimum atomic E-state index is -3.86. The van der Waals surface area contributed by atoms with Crippen LogP contribution in [0.3, 0.4) is 0 Å². The normalized spacial score (nSPS) is 11.3. The van der Waals surface area contributed by atoms with Gasteiger partial charge in [-0.1, -0.05) is 28.1 Å². The minimum absolute atomic E-state index is 0.107. The van der Waals surface area contributed by atoms with Crippen molar-refractivity contribution in [2.75, 3.05) is 16.6 Å². The van der Waals surface area contributed by atoms with Crippen molar-refractivity contribution < 1.29 is 13.2 Å². The predicted octanol–water partition coefficient (Wildman–Crippen LogP) is 5.34. The molecule has 0 aliphatic carbocycles. The van der Waals surface area contributed by atoms with Gasteiger partial charge in [-0.05, 0) is 67.6 Å². The van der Waals surface area contributed by atoms with E-state index in [9.17, 15) is 8.42 Å². The Labute approximate surface area is 188 Å². The summed E-state index contributed by atoms with van der Waals surface area (Å²) >= 11 is 3.31. The summed E-state index contributed by atoms with van der Waals surface area (Å²) in [5.74, 6) is 1.15. The SMILES string of the molecule is CCOc1ccc(Nc2nc3ccccc3nc2NS(=O)(=O)c2ccc(Br)cc2)cc1. The molecule has 0 atom stereocenters. The smallest absolute Gasteiger partial charge is 0.263 e. The fraction of sp³-hybridized carbons (Fsp3) is 0.0909. The second-order valence-electron chi connectivity index (χ2n) is 6.55. The first-order valence-corrected chi connectivity index (χ1v) is 11.8. The molecule has 0 bridgehead atoms. The molecule has 1 heterocycles. The van der Waals surface area contributed by atoms with E-state index in [1.807, 2.05) is 49.4 Å². The number of anilines is 3. The van der Waals surface area contributed by atoms with Gasteiger partial charge in [0.05, 0.1) is 22.5 Å². The lowest BCUT2D eigenvalue weighted by atomic mass is 10.3. The molecule has 0 amide bonds. The van der Waals surface area contributed by atoms with Gasteiger partial charge < -0.3 is 10.1 Å². The number of aromatic nitrogens is 2. The van der Waals surface area contributed by atoms with Gasteiger partial charge in [-0.25, -0.2) is 18.4 Å². The van der Waals surface area contributed by atoms with E-state index in [2.05, 4.69) is 35.9 Å². The monoisotopic (exact) mass is 498 g/mol. The van der Waals surface area contributed by atoms with Gasteiger partial charge in [0.25, 0.3) is 10.0 Å². The highest BCUT2D eigenvalue weighted by atomic mass is 79.9. The maximum absolute atomic E-state index is 12.9. The second kappa shape index (κ2) is 8.91. The number of hydrogen-bond acceptors (Lipinski definition) is 6. The van der Waals surface area contributed by atoms with Gasteiger partial charge in [0.2, 0.25) is 0 Å². The molecule has 31 heavy (non-hydrogen) atoms. The zero-order valence-corrected chi connectivity index (χ0v) is 18.9. The number of benzene rings is 3. The number of nitrogens with zero attached hydrogens (tertiary/aromatic N) is 2. The van der Waals surface area contributed by atoms with Crippen LogP contribution in [0.5, 0.6) is 5.75 Å². The van der Waals surface area contributed by atoms with Crippen LogP contribution in [0.4, 0.5) is 17.3 Å². The van der Waals surface area contributed by atoms with E-state index >= 15 is 0 Å². The third kappa shape index (κ3) is 4.95. The van der Waals surface area contributed by atoms with Crippen LogP contribution in [-0.4, -0.2) is 25.0 Å². The number of fused-ring (bicyclic) bond motifs is 1. The molecule has 2 N–H and O–H groups in total. The van der Waals surface area contributed by atoms with Crippen molar-refractivity contribution in [3.8, 4) is 5.75 Å². The molecule has 0 spiro atoms. The molecule has 0 radical (unpaired) electrons. The van der Waals surface area contributed by atoms with Crippen molar-refractivity contribution in [1.82, 2.24) is 9.97 Å². The largest absolute Gasteiger partial charge is 0.494 e. The number of sulfonamides is 1. The zero-order valence-electron chi connectivity index (χ0n) is 16.5. The molecule has 9 heteroatoms. The van der Waals surface area contributed by atoms with E-state index < -0.39 is 10.0 Å². The van der Waals surface area contributed by atoms with E-state index in [1.165, 1.54) is 12.1 Å². The molecule has 0 fully saturated rings. The first kappa shape index (κ1) is 21.1. The Morgan fingerprint density at radius 3 is 2.10 bits per heavy atom. The summed E-state index contributed by atoms with van der Waals surface area (Å²) < 4.78 is 34.7. The average molecular weight is 499 g/mol. The number of para-hydroxylation sites is 2. The summed E-state index contributed by atoms with van der Waals surface area (Å²) in [6, 6.07) is 20.9. The molecule has 3 aromatic carbocycles. The van der Waals surface area contributed by atoms with Crippen LogP contribution in [0.1, 0.15) is 6.92 Å². The zero-order chi connectivity index (χ0) is 21.8. The van der Waals surface area contributed by atoms with E-state index in [0.29, 0.717) is 23.5 Å². The van der Waals surface area contributed by atoms with Crippen molar-refractivity contribution in [2.24, 2.45) is 0 Å². The Morgan fingerprint density at radius 2 is 1.48 bits per heavy atom. The summed E-state index contributed by atoms with van der Waals surface area (Å²) in [6.07, 6.45) is 0. The van der Waals surface area contributed by atoms with Gasteiger partial charge in [0.1, 0.15) is 5.75 Å². The highest BCUT2D eigenvalue weighted by Crippen LogP contribution is 2.28. The standard InChI is InChI=1S/C22H19BrN4O3S/c1-2-30-17-11-9-16(10-12-17)24-21-22(26-20-6-4-3-5-19(20)25-21)27-31(28,29)18-13-7-15(23)8-14-18/h3-14H,2H2,1H3,(H,24,25)(H,26,27). The quantitative estimate of drug-likeness (QED) is 0.357. The first-order chi connectivity index (χ1) is 14.9. The molecule has 4 aromatic rings. The van der Waals surface area contributed by atoms with Crippen LogP contribution in [0.2, 0.25) is 0 Å². The van der Waals surface area contributed by atoms with Crippen LogP contribution in [0, 0.1) is 0 Å². The molecule has 0 saturated carbocycles. The van der Waals surface area contributed by atoms with Crippen LogP contribution >= 0.6 is 15.9 Å². The molecule has 7 nitrogen and oxygen atoms in total. The number of rotatable bonds is 7. The van der Waals surface area contributed by atoms with Crippen LogP contribution in [-0.2, 0) is 10.0 Å². The summed E-state index contributed by atoms with van der Waals surface area (Å²) in [5, 5.41) is 3.15. The van der Waals surface area contributed by atoms with Gasteiger partial charge in [0, 0.05) is 10.2 Å². The minimum Gasteiger partial charge on any atom is -0.494 e. The van der Waals surface area contributed by atoms with Gasteiger partial charge in [-0.15, -0.1) is 0 Å². The highest BCUT2D eigenvalue weighted by molar-refractivity contribution is 9.10. The maximum Gasteiger partial charge on any atom is 0.263 e. The Hall–Kier alpha value is -3.17. The van der Waals surface area contributed by atoms with Crippen molar-refractivity contribution in [3.63, 3.8) is 0 Å². The fourth-order valence-corrected chi connectivity index (χ4v) is 4.17. The molecule has 0 unspecified atom stereocenters. The molecule has 0 aliphatic rings. The average Bonchev–Trinajstić information content (AvgIpc) is 2.76. The Kier molecular flexibility index (Phi) is 6.06. The highest BCUT2D eigenvalue weighted by Gasteiger charge is 2.19. The topological polar surface area (TPSA) is 93.2 Å². The molecule has 0 aliphatic heterocycles. The van der Waals surface area contributed by atoms with Crippen molar-refractivity contribution in [1.29, 1.82) is 0 Å². The van der Waals surface area contributed by atoms with Gasteiger partial charge in [-0.2, -0.15) is 0 Å². The summed E-state index contributed by atoms with van der Waals surface area (Å²) in [4.78, 5) is 9.20. The van der Waals surface area contributed by atoms with Crippen LogP contribution < -0.4 is 14.8 Å². The number of halogens is 1. The summed E-state index contributed by atoms with van der Waals surface area (Å²) in [7, 11) is -3.86. The summed E-state index contributed by atoms with van der Waals surface area (Å²) in [6.45, 7) is 2.49. The van der Waals surface area contributed by atoms with Crippen molar-refractivity contribution in [2.45, 2.75) is 11.8 Å². The van der Waals surface area contributed by atoms with Gasteiger partial charge >= 0.3 is 0 Å². The third-order valence-corrected chi connectivity index (χ3v) is 6.24. The summed E-state index contributed by atoms with van der Waals surface area (Å²) in [5.41, 5.74) is 1.94. The number of nitrogens with one attached hydrogen (secondary N) is 2. The van der Waals surface area contributed by atoms with Crippen LogP contribution in [0.25, 0.3) is 11.0 Å². The van der Waals surface area contributed by atoms with Gasteiger partial charge in [0.15, 0.2) is 11.6 Å². The van der Waals surface area contributed by atoms with E-state index in [4.69, 9.17) is 4.74 Å².